The topological polar surface area (TPSA) is 84.5 Å². The monoisotopic (exact) mass is 354 g/mol. The van der Waals surface area contributed by atoms with Crippen LogP contribution < -0.4 is 10.6 Å². The minimum Gasteiger partial charge on any atom is -0.444 e. The molecular weight excluding hydrogens is 332 g/mol. The van der Waals surface area contributed by atoms with Crippen LogP contribution in [0.2, 0.25) is 5.02 Å². The fraction of sp³-hybridized carbons (Fsp3) is 0.471. The van der Waals surface area contributed by atoms with Crippen LogP contribution in [0.25, 0.3) is 0 Å². The zero-order valence-corrected chi connectivity index (χ0v) is 15.2. The van der Waals surface area contributed by atoms with Crippen molar-refractivity contribution < 1.29 is 19.1 Å². The molecule has 1 aromatic rings. The summed E-state index contributed by atoms with van der Waals surface area (Å²) in [6.45, 7) is 8.79. The smallest absolute Gasteiger partial charge is 0.408 e. The lowest BCUT2D eigenvalue weighted by Crippen LogP contribution is -2.48. The van der Waals surface area contributed by atoms with E-state index in [4.69, 9.17) is 16.3 Å². The Hall–Kier alpha value is -2.08. The second kappa shape index (κ2) is 8.15. The number of carbonyl (C=O) groups excluding carboxylic acids is 3. The number of anilines is 1. The van der Waals surface area contributed by atoms with Gasteiger partial charge in [-0.1, -0.05) is 31.5 Å². The molecule has 0 aliphatic carbocycles. The van der Waals surface area contributed by atoms with Crippen molar-refractivity contribution in [3.05, 3.63) is 28.8 Å². The molecule has 6 nitrogen and oxygen atoms in total. The van der Waals surface area contributed by atoms with Crippen molar-refractivity contribution in [1.82, 2.24) is 5.32 Å². The van der Waals surface area contributed by atoms with Crippen molar-refractivity contribution in [1.29, 1.82) is 0 Å². The highest BCUT2D eigenvalue weighted by molar-refractivity contribution is 6.33. The third kappa shape index (κ3) is 5.85. The summed E-state index contributed by atoms with van der Waals surface area (Å²) in [4.78, 5) is 35.6. The number of halogens is 1. The molecule has 2 amide bonds. The van der Waals surface area contributed by atoms with E-state index in [1.807, 2.05) is 0 Å². The summed E-state index contributed by atoms with van der Waals surface area (Å²) in [7, 11) is 0. The SMILES string of the molecule is CC(C)C(NC(=O)OC(C)(C)C)C(=O)Nc1cccc(Cl)c1C=O. The molecule has 0 heterocycles. The Kier molecular flexibility index (Phi) is 6.78. The van der Waals surface area contributed by atoms with E-state index in [0.717, 1.165) is 0 Å². The van der Waals surface area contributed by atoms with E-state index in [9.17, 15) is 14.4 Å². The van der Waals surface area contributed by atoms with Gasteiger partial charge in [-0.3, -0.25) is 9.59 Å². The van der Waals surface area contributed by atoms with E-state index >= 15 is 0 Å². The van der Waals surface area contributed by atoms with E-state index < -0.39 is 23.6 Å². The number of nitrogens with one attached hydrogen (secondary N) is 2. The van der Waals surface area contributed by atoms with Crippen molar-refractivity contribution in [3.8, 4) is 0 Å². The standard InChI is InChI=1S/C17H23ClN2O4/c1-10(2)14(20-16(23)24-17(3,4)5)15(22)19-13-8-6-7-12(18)11(13)9-21/h6-10,14H,1-5H3,(H,19,22)(H,20,23). The number of rotatable bonds is 5. The summed E-state index contributed by atoms with van der Waals surface area (Å²) in [5, 5.41) is 5.42. The Labute approximate surface area is 146 Å². The summed E-state index contributed by atoms with van der Waals surface area (Å²) in [5.74, 6) is -0.641. The van der Waals surface area contributed by atoms with Gasteiger partial charge in [0.05, 0.1) is 16.3 Å². The second-order valence-electron chi connectivity index (χ2n) is 6.68. The highest BCUT2D eigenvalue weighted by Gasteiger charge is 2.27. The molecule has 0 aliphatic rings. The number of ether oxygens (including phenoxy) is 1. The van der Waals surface area contributed by atoms with Gasteiger partial charge < -0.3 is 15.4 Å². The van der Waals surface area contributed by atoms with Gasteiger partial charge in [0.25, 0.3) is 0 Å². The van der Waals surface area contributed by atoms with Crippen LogP contribution in [0.4, 0.5) is 10.5 Å². The molecule has 7 heteroatoms. The minimum atomic E-state index is -0.821. The van der Waals surface area contributed by atoms with E-state index in [2.05, 4.69) is 10.6 Å². The zero-order valence-electron chi connectivity index (χ0n) is 14.5. The van der Waals surface area contributed by atoms with Gasteiger partial charge >= 0.3 is 6.09 Å². The average molecular weight is 355 g/mol. The average Bonchev–Trinajstić information content (AvgIpc) is 2.42. The van der Waals surface area contributed by atoms with Gasteiger partial charge in [0, 0.05) is 0 Å². The van der Waals surface area contributed by atoms with Crippen LogP contribution in [0.1, 0.15) is 45.0 Å². The number of amides is 2. The van der Waals surface area contributed by atoms with Crippen LogP contribution in [-0.4, -0.2) is 29.9 Å². The van der Waals surface area contributed by atoms with Gasteiger partial charge in [0.1, 0.15) is 11.6 Å². The molecule has 2 N–H and O–H groups in total. The van der Waals surface area contributed by atoms with Crippen LogP contribution in [-0.2, 0) is 9.53 Å². The lowest BCUT2D eigenvalue weighted by molar-refractivity contribution is -0.119. The Morgan fingerprint density at radius 3 is 2.38 bits per heavy atom. The molecule has 0 aromatic heterocycles. The van der Waals surface area contributed by atoms with E-state index in [-0.39, 0.29) is 16.5 Å². The normalized spacial score (nSPS) is 12.5. The number of hydrogen-bond donors (Lipinski definition) is 2. The second-order valence-corrected chi connectivity index (χ2v) is 7.08. The van der Waals surface area contributed by atoms with Crippen molar-refractivity contribution >= 4 is 35.6 Å². The molecule has 132 valence electrons. The third-order valence-electron chi connectivity index (χ3n) is 3.05. The van der Waals surface area contributed by atoms with Crippen LogP contribution >= 0.6 is 11.6 Å². The van der Waals surface area contributed by atoms with Crippen molar-refractivity contribution in [2.75, 3.05) is 5.32 Å². The predicted octanol–water partition coefficient (Wildman–Crippen LogP) is 3.64. The largest absolute Gasteiger partial charge is 0.444 e. The Morgan fingerprint density at radius 2 is 1.88 bits per heavy atom. The zero-order chi connectivity index (χ0) is 18.5. The molecule has 0 saturated heterocycles. The fourth-order valence-corrected chi connectivity index (χ4v) is 2.16. The Bertz CT molecular complexity index is 624. The Balaban J connectivity index is 2.90. The van der Waals surface area contributed by atoms with E-state index in [1.165, 1.54) is 0 Å². The lowest BCUT2D eigenvalue weighted by Gasteiger charge is -2.25. The molecule has 0 saturated carbocycles. The molecule has 0 aliphatic heterocycles. The maximum atomic E-state index is 12.5. The summed E-state index contributed by atoms with van der Waals surface area (Å²) >= 11 is 5.94. The first-order chi connectivity index (χ1) is 11.0. The van der Waals surface area contributed by atoms with Gasteiger partial charge in [-0.2, -0.15) is 0 Å². The number of benzene rings is 1. The van der Waals surface area contributed by atoms with Gasteiger partial charge in [-0.05, 0) is 38.8 Å². The molecule has 24 heavy (non-hydrogen) atoms. The van der Waals surface area contributed by atoms with Crippen molar-refractivity contribution in [2.45, 2.75) is 46.3 Å². The maximum absolute atomic E-state index is 12.5. The van der Waals surface area contributed by atoms with Crippen LogP contribution in [0, 0.1) is 5.92 Å². The van der Waals surface area contributed by atoms with Gasteiger partial charge in [0.2, 0.25) is 5.91 Å². The molecule has 1 atom stereocenters. The van der Waals surface area contributed by atoms with Crippen molar-refractivity contribution in [3.63, 3.8) is 0 Å². The highest BCUT2D eigenvalue weighted by atomic mass is 35.5. The molecule has 0 radical (unpaired) electrons. The lowest BCUT2D eigenvalue weighted by atomic mass is 10.0. The summed E-state index contributed by atoms with van der Waals surface area (Å²) < 4.78 is 5.18. The maximum Gasteiger partial charge on any atom is 0.408 e. The summed E-state index contributed by atoms with van der Waals surface area (Å²) in [6.07, 6.45) is -0.109. The summed E-state index contributed by atoms with van der Waals surface area (Å²) in [5.41, 5.74) is -0.189. The van der Waals surface area contributed by atoms with Gasteiger partial charge in [0.15, 0.2) is 6.29 Å². The number of hydrogen-bond acceptors (Lipinski definition) is 4. The third-order valence-corrected chi connectivity index (χ3v) is 3.38. The van der Waals surface area contributed by atoms with Crippen LogP contribution in [0.5, 0.6) is 0 Å². The molecule has 1 rings (SSSR count). The Morgan fingerprint density at radius 1 is 1.25 bits per heavy atom. The van der Waals surface area contributed by atoms with Gasteiger partial charge in [-0.15, -0.1) is 0 Å². The number of alkyl carbamates (subject to hydrolysis) is 1. The minimum absolute atomic E-state index is 0.184. The quantitative estimate of drug-likeness (QED) is 0.790. The van der Waals surface area contributed by atoms with Gasteiger partial charge in [-0.25, -0.2) is 4.79 Å². The fourth-order valence-electron chi connectivity index (χ4n) is 1.95. The predicted molar refractivity (Wildman–Crippen MR) is 93.5 cm³/mol. The molecule has 0 fully saturated rings. The number of aldehydes is 1. The molecule has 1 unspecified atom stereocenters. The highest BCUT2D eigenvalue weighted by Crippen LogP contribution is 2.23. The number of carbonyl (C=O) groups is 3. The first kappa shape index (κ1) is 20.0. The van der Waals surface area contributed by atoms with E-state index in [0.29, 0.717) is 12.0 Å². The molecule has 0 spiro atoms. The molecule has 1 aromatic carbocycles. The van der Waals surface area contributed by atoms with E-state index in [1.54, 1.807) is 52.8 Å². The first-order valence-electron chi connectivity index (χ1n) is 7.59. The summed E-state index contributed by atoms with van der Waals surface area (Å²) in [6, 6.07) is 3.92. The van der Waals surface area contributed by atoms with Crippen LogP contribution in [0.15, 0.2) is 18.2 Å². The van der Waals surface area contributed by atoms with Crippen molar-refractivity contribution in [2.24, 2.45) is 5.92 Å². The molecule has 0 bridgehead atoms. The van der Waals surface area contributed by atoms with Crippen LogP contribution in [0.3, 0.4) is 0 Å². The first-order valence-corrected chi connectivity index (χ1v) is 7.97. The molecular formula is C17H23ClN2O4.